The standard InChI is InChI=1S/C13H10BrNO/c1-9-2-3-10(6-13(9)14)12-7-15-5-4-11(12)8-16/h2-8H,1H3. The molecule has 0 radical (unpaired) electrons. The van der Waals surface area contributed by atoms with Gasteiger partial charge < -0.3 is 0 Å². The summed E-state index contributed by atoms with van der Waals surface area (Å²) in [4.78, 5) is 15.0. The molecule has 1 aromatic carbocycles. The molecule has 0 aliphatic heterocycles. The highest BCUT2D eigenvalue weighted by Gasteiger charge is 2.05. The van der Waals surface area contributed by atoms with E-state index in [0.717, 1.165) is 21.9 Å². The summed E-state index contributed by atoms with van der Waals surface area (Å²) in [6.07, 6.45) is 4.18. The Morgan fingerprint density at radius 1 is 1.31 bits per heavy atom. The molecule has 0 atom stereocenters. The minimum absolute atomic E-state index is 0.658. The fourth-order valence-electron chi connectivity index (χ4n) is 1.51. The second-order valence-electron chi connectivity index (χ2n) is 3.54. The van der Waals surface area contributed by atoms with E-state index in [0.29, 0.717) is 5.56 Å². The molecule has 3 heteroatoms. The van der Waals surface area contributed by atoms with Crippen molar-refractivity contribution >= 4 is 22.2 Å². The van der Waals surface area contributed by atoms with Crippen LogP contribution in [0.2, 0.25) is 0 Å². The molecule has 2 nitrogen and oxygen atoms in total. The molecule has 0 amide bonds. The summed E-state index contributed by atoms with van der Waals surface area (Å²) >= 11 is 3.48. The number of aryl methyl sites for hydroxylation is 1. The van der Waals surface area contributed by atoms with Gasteiger partial charge in [0, 0.05) is 28.0 Å². The van der Waals surface area contributed by atoms with E-state index in [9.17, 15) is 4.79 Å². The maximum Gasteiger partial charge on any atom is 0.150 e. The predicted molar refractivity (Wildman–Crippen MR) is 67.5 cm³/mol. The topological polar surface area (TPSA) is 30.0 Å². The van der Waals surface area contributed by atoms with Crippen LogP contribution in [0.15, 0.2) is 41.1 Å². The normalized spacial score (nSPS) is 10.1. The average molecular weight is 276 g/mol. The van der Waals surface area contributed by atoms with Gasteiger partial charge in [-0.25, -0.2) is 0 Å². The smallest absolute Gasteiger partial charge is 0.150 e. The maximum atomic E-state index is 10.9. The lowest BCUT2D eigenvalue weighted by molar-refractivity contribution is 0.112. The molecule has 80 valence electrons. The average Bonchev–Trinajstić information content (AvgIpc) is 2.32. The Hall–Kier alpha value is -1.48. The minimum atomic E-state index is 0.658. The van der Waals surface area contributed by atoms with Gasteiger partial charge in [0.2, 0.25) is 0 Å². The molecule has 0 aliphatic carbocycles. The number of hydrogen-bond donors (Lipinski definition) is 0. The van der Waals surface area contributed by atoms with Crippen molar-refractivity contribution in [2.45, 2.75) is 6.92 Å². The Morgan fingerprint density at radius 3 is 2.81 bits per heavy atom. The summed E-state index contributed by atoms with van der Waals surface area (Å²) in [5, 5.41) is 0. The number of hydrogen-bond acceptors (Lipinski definition) is 2. The third kappa shape index (κ3) is 2.04. The van der Waals surface area contributed by atoms with Crippen molar-refractivity contribution in [3.63, 3.8) is 0 Å². The summed E-state index contributed by atoms with van der Waals surface area (Å²) in [7, 11) is 0. The summed E-state index contributed by atoms with van der Waals surface area (Å²) in [5.74, 6) is 0. The Morgan fingerprint density at radius 2 is 2.12 bits per heavy atom. The van der Waals surface area contributed by atoms with Crippen LogP contribution in [-0.4, -0.2) is 11.3 Å². The number of halogens is 1. The van der Waals surface area contributed by atoms with Crippen LogP contribution in [0, 0.1) is 6.92 Å². The molecule has 1 heterocycles. The van der Waals surface area contributed by atoms with Crippen LogP contribution in [0.25, 0.3) is 11.1 Å². The van der Waals surface area contributed by atoms with Gasteiger partial charge in [-0.1, -0.05) is 28.1 Å². The Kier molecular flexibility index (Phi) is 3.15. The number of carbonyl (C=O) groups is 1. The lowest BCUT2D eigenvalue weighted by atomic mass is 10.0. The van der Waals surface area contributed by atoms with Gasteiger partial charge in [0.05, 0.1) is 0 Å². The van der Waals surface area contributed by atoms with Crippen LogP contribution in [0.4, 0.5) is 0 Å². The lowest BCUT2D eigenvalue weighted by Gasteiger charge is -2.06. The molecule has 2 aromatic rings. The van der Waals surface area contributed by atoms with E-state index in [-0.39, 0.29) is 0 Å². The van der Waals surface area contributed by atoms with Crippen molar-refractivity contribution in [1.82, 2.24) is 4.98 Å². The number of pyridine rings is 1. The molecule has 0 fully saturated rings. The number of aldehydes is 1. The van der Waals surface area contributed by atoms with Gasteiger partial charge >= 0.3 is 0 Å². The lowest BCUT2D eigenvalue weighted by Crippen LogP contribution is -1.89. The van der Waals surface area contributed by atoms with Crippen molar-refractivity contribution in [1.29, 1.82) is 0 Å². The van der Waals surface area contributed by atoms with Gasteiger partial charge in [-0.3, -0.25) is 9.78 Å². The predicted octanol–water partition coefficient (Wildman–Crippen LogP) is 3.63. The molecule has 0 saturated heterocycles. The summed E-state index contributed by atoms with van der Waals surface area (Å²) < 4.78 is 1.03. The van der Waals surface area contributed by atoms with Gasteiger partial charge in [-0.15, -0.1) is 0 Å². The van der Waals surface area contributed by atoms with Crippen LogP contribution in [-0.2, 0) is 0 Å². The number of rotatable bonds is 2. The first-order chi connectivity index (χ1) is 7.72. The molecule has 0 aliphatic rings. The van der Waals surface area contributed by atoms with Gasteiger partial charge in [0.25, 0.3) is 0 Å². The number of aromatic nitrogens is 1. The van der Waals surface area contributed by atoms with Gasteiger partial charge in [-0.05, 0) is 30.2 Å². The molecule has 2 rings (SSSR count). The van der Waals surface area contributed by atoms with Crippen molar-refractivity contribution in [2.75, 3.05) is 0 Å². The summed E-state index contributed by atoms with van der Waals surface area (Å²) in [6, 6.07) is 7.72. The first-order valence-corrected chi connectivity index (χ1v) is 5.67. The maximum absolute atomic E-state index is 10.9. The van der Waals surface area contributed by atoms with Crippen LogP contribution in [0.3, 0.4) is 0 Å². The fraction of sp³-hybridized carbons (Fsp3) is 0.0769. The molecule has 0 bridgehead atoms. The molecule has 16 heavy (non-hydrogen) atoms. The Labute approximate surface area is 102 Å². The molecule has 0 saturated carbocycles. The highest BCUT2D eigenvalue weighted by molar-refractivity contribution is 9.10. The zero-order valence-corrected chi connectivity index (χ0v) is 10.4. The quantitative estimate of drug-likeness (QED) is 0.784. The minimum Gasteiger partial charge on any atom is -0.298 e. The van der Waals surface area contributed by atoms with E-state index in [2.05, 4.69) is 20.9 Å². The van der Waals surface area contributed by atoms with Crippen molar-refractivity contribution in [3.05, 3.63) is 52.3 Å². The fourth-order valence-corrected chi connectivity index (χ4v) is 1.89. The largest absolute Gasteiger partial charge is 0.298 e. The SMILES string of the molecule is Cc1ccc(-c2cnccc2C=O)cc1Br. The number of carbonyl (C=O) groups excluding carboxylic acids is 1. The highest BCUT2D eigenvalue weighted by atomic mass is 79.9. The first-order valence-electron chi connectivity index (χ1n) is 4.88. The zero-order valence-electron chi connectivity index (χ0n) is 8.77. The monoisotopic (exact) mass is 275 g/mol. The van der Waals surface area contributed by atoms with E-state index < -0.39 is 0 Å². The van der Waals surface area contributed by atoms with Crippen LogP contribution < -0.4 is 0 Å². The molecule has 0 unspecified atom stereocenters. The third-order valence-corrected chi connectivity index (χ3v) is 3.32. The Balaban J connectivity index is 2.58. The van der Waals surface area contributed by atoms with Crippen molar-refractivity contribution in [3.8, 4) is 11.1 Å². The number of benzene rings is 1. The second-order valence-corrected chi connectivity index (χ2v) is 4.40. The third-order valence-electron chi connectivity index (χ3n) is 2.46. The molecular weight excluding hydrogens is 266 g/mol. The first kappa shape index (κ1) is 11.0. The Bertz CT molecular complexity index is 537. The molecule has 0 N–H and O–H groups in total. The number of nitrogens with zero attached hydrogens (tertiary/aromatic N) is 1. The van der Waals surface area contributed by atoms with Crippen LogP contribution in [0.5, 0.6) is 0 Å². The second kappa shape index (κ2) is 4.58. The van der Waals surface area contributed by atoms with E-state index >= 15 is 0 Å². The molecule has 1 aromatic heterocycles. The molecule has 0 spiro atoms. The van der Waals surface area contributed by atoms with Crippen LogP contribution >= 0.6 is 15.9 Å². The summed E-state index contributed by atoms with van der Waals surface area (Å²) in [5.41, 5.74) is 3.68. The zero-order chi connectivity index (χ0) is 11.5. The van der Waals surface area contributed by atoms with Gasteiger partial charge in [-0.2, -0.15) is 0 Å². The van der Waals surface area contributed by atoms with E-state index in [1.165, 1.54) is 5.56 Å². The summed E-state index contributed by atoms with van der Waals surface area (Å²) in [6.45, 7) is 2.03. The van der Waals surface area contributed by atoms with Gasteiger partial charge in [0.1, 0.15) is 0 Å². The highest BCUT2D eigenvalue weighted by Crippen LogP contribution is 2.26. The van der Waals surface area contributed by atoms with E-state index in [1.54, 1.807) is 18.5 Å². The van der Waals surface area contributed by atoms with Crippen molar-refractivity contribution in [2.24, 2.45) is 0 Å². The van der Waals surface area contributed by atoms with E-state index in [1.807, 2.05) is 25.1 Å². The van der Waals surface area contributed by atoms with E-state index in [4.69, 9.17) is 0 Å². The van der Waals surface area contributed by atoms with Crippen LogP contribution in [0.1, 0.15) is 15.9 Å². The molecular formula is C13H10BrNO. The van der Waals surface area contributed by atoms with Crippen molar-refractivity contribution < 1.29 is 4.79 Å². The van der Waals surface area contributed by atoms with Gasteiger partial charge in [0.15, 0.2) is 6.29 Å².